The largest absolute Gasteiger partial charge is 0.378 e. The van der Waals surface area contributed by atoms with Gasteiger partial charge in [0.05, 0.1) is 31.4 Å². The monoisotopic (exact) mass is 318 g/mol. The van der Waals surface area contributed by atoms with Gasteiger partial charge in [-0.15, -0.1) is 0 Å². The summed E-state index contributed by atoms with van der Waals surface area (Å²) in [6, 6.07) is 2.97. The normalized spacial score (nSPS) is 26.4. The summed E-state index contributed by atoms with van der Waals surface area (Å²) >= 11 is 0. The molecule has 2 fully saturated rings. The first-order valence-electron chi connectivity index (χ1n) is 8.93. The molecule has 1 aromatic heterocycles. The molecule has 1 saturated heterocycles. The van der Waals surface area contributed by atoms with Crippen molar-refractivity contribution in [2.75, 3.05) is 32.8 Å². The van der Waals surface area contributed by atoms with Gasteiger partial charge < -0.3 is 9.64 Å². The van der Waals surface area contributed by atoms with Crippen LogP contribution in [0.5, 0.6) is 0 Å². The smallest absolute Gasteiger partial charge is 0.224 e. The summed E-state index contributed by atoms with van der Waals surface area (Å²) in [5.74, 6) is 0.244. The fourth-order valence-corrected chi connectivity index (χ4v) is 4.26. The number of carbonyl (C=O) groups is 1. The molecule has 0 aromatic carbocycles. The van der Waals surface area contributed by atoms with Crippen LogP contribution < -0.4 is 0 Å². The summed E-state index contributed by atoms with van der Waals surface area (Å²) in [6.45, 7) is 4.71. The van der Waals surface area contributed by atoms with Crippen molar-refractivity contribution in [1.82, 2.24) is 19.6 Å². The average Bonchev–Trinajstić information content (AvgIpc) is 3.27. The van der Waals surface area contributed by atoms with E-state index in [2.05, 4.69) is 20.7 Å². The van der Waals surface area contributed by atoms with E-state index in [1.807, 2.05) is 11.1 Å². The van der Waals surface area contributed by atoms with Crippen LogP contribution in [0, 0.1) is 0 Å². The SMILES string of the molecule is O=C(C[C@H]1CN(C2CCCC2)Cc2ccnn21)N1CCOCC1. The minimum atomic E-state index is 0.171. The number of fused-ring (bicyclic) bond motifs is 1. The van der Waals surface area contributed by atoms with Gasteiger partial charge in [-0.3, -0.25) is 14.4 Å². The number of hydrogen-bond acceptors (Lipinski definition) is 4. The van der Waals surface area contributed by atoms with Crippen LogP contribution in [0.25, 0.3) is 0 Å². The zero-order valence-corrected chi connectivity index (χ0v) is 13.7. The Hall–Kier alpha value is -1.40. The van der Waals surface area contributed by atoms with Gasteiger partial charge in [-0.25, -0.2) is 0 Å². The van der Waals surface area contributed by atoms with Gasteiger partial charge in [0.2, 0.25) is 5.91 Å². The van der Waals surface area contributed by atoms with Crippen molar-refractivity contribution in [2.45, 2.75) is 50.7 Å². The Morgan fingerprint density at radius 2 is 2.04 bits per heavy atom. The van der Waals surface area contributed by atoms with Crippen LogP contribution in [0.2, 0.25) is 0 Å². The predicted molar refractivity (Wildman–Crippen MR) is 85.9 cm³/mol. The molecule has 23 heavy (non-hydrogen) atoms. The van der Waals surface area contributed by atoms with Gasteiger partial charge in [0, 0.05) is 38.4 Å². The topological polar surface area (TPSA) is 50.6 Å². The van der Waals surface area contributed by atoms with E-state index in [9.17, 15) is 4.79 Å². The maximum atomic E-state index is 12.6. The molecule has 2 aliphatic heterocycles. The maximum Gasteiger partial charge on any atom is 0.224 e. The van der Waals surface area contributed by atoms with Crippen LogP contribution >= 0.6 is 0 Å². The van der Waals surface area contributed by atoms with Gasteiger partial charge in [-0.1, -0.05) is 12.8 Å². The van der Waals surface area contributed by atoms with E-state index in [0.717, 1.165) is 26.2 Å². The van der Waals surface area contributed by atoms with E-state index in [1.54, 1.807) is 0 Å². The standard InChI is InChI=1S/C17H26N4O2/c22-17(19-7-9-23-10-8-19)11-16-13-20(14-3-1-2-4-14)12-15-5-6-18-21(15)16/h5-6,14,16H,1-4,7-13H2/t16-/m0/s1. The molecule has 0 N–H and O–H groups in total. The lowest BCUT2D eigenvalue weighted by molar-refractivity contribution is -0.136. The van der Waals surface area contributed by atoms with E-state index in [1.165, 1.54) is 31.4 Å². The van der Waals surface area contributed by atoms with Crippen molar-refractivity contribution in [3.63, 3.8) is 0 Å². The van der Waals surface area contributed by atoms with Crippen LogP contribution in [0.3, 0.4) is 0 Å². The molecular weight excluding hydrogens is 292 g/mol. The number of carbonyl (C=O) groups excluding carboxylic acids is 1. The van der Waals surface area contributed by atoms with E-state index in [-0.39, 0.29) is 11.9 Å². The summed E-state index contributed by atoms with van der Waals surface area (Å²) in [5, 5.41) is 4.49. The number of aromatic nitrogens is 2. The summed E-state index contributed by atoms with van der Waals surface area (Å²) in [6.07, 6.45) is 7.73. The van der Waals surface area contributed by atoms with E-state index in [0.29, 0.717) is 25.7 Å². The van der Waals surface area contributed by atoms with Crippen LogP contribution in [0.4, 0.5) is 0 Å². The van der Waals surface area contributed by atoms with Gasteiger partial charge in [0.25, 0.3) is 0 Å². The van der Waals surface area contributed by atoms with Crippen molar-refractivity contribution in [3.8, 4) is 0 Å². The molecule has 6 heteroatoms. The number of amides is 1. The van der Waals surface area contributed by atoms with Gasteiger partial charge in [0.1, 0.15) is 0 Å². The van der Waals surface area contributed by atoms with Crippen LogP contribution in [-0.4, -0.2) is 64.4 Å². The second kappa shape index (κ2) is 6.61. The third kappa shape index (κ3) is 3.15. The van der Waals surface area contributed by atoms with Crippen molar-refractivity contribution in [3.05, 3.63) is 18.0 Å². The van der Waals surface area contributed by atoms with Gasteiger partial charge in [-0.05, 0) is 18.9 Å². The first-order valence-corrected chi connectivity index (χ1v) is 8.93. The second-order valence-electron chi connectivity index (χ2n) is 6.99. The lowest BCUT2D eigenvalue weighted by Gasteiger charge is -2.38. The van der Waals surface area contributed by atoms with Gasteiger partial charge in [-0.2, -0.15) is 5.10 Å². The Labute approximate surface area is 137 Å². The number of hydrogen-bond donors (Lipinski definition) is 0. The highest BCUT2D eigenvalue weighted by atomic mass is 16.5. The van der Waals surface area contributed by atoms with Crippen molar-refractivity contribution in [1.29, 1.82) is 0 Å². The molecule has 0 spiro atoms. The number of morpholine rings is 1. The Morgan fingerprint density at radius 3 is 2.83 bits per heavy atom. The fraction of sp³-hybridized carbons (Fsp3) is 0.765. The predicted octanol–water partition coefficient (Wildman–Crippen LogP) is 1.43. The molecule has 1 aliphatic carbocycles. The Kier molecular flexibility index (Phi) is 4.35. The number of ether oxygens (including phenoxy) is 1. The Bertz CT molecular complexity index is 547. The molecule has 126 valence electrons. The van der Waals surface area contributed by atoms with Gasteiger partial charge in [0.15, 0.2) is 0 Å². The first kappa shape index (κ1) is 15.1. The van der Waals surface area contributed by atoms with E-state index >= 15 is 0 Å². The lowest BCUT2D eigenvalue weighted by atomic mass is 10.1. The van der Waals surface area contributed by atoms with Crippen molar-refractivity contribution in [2.24, 2.45) is 0 Å². The molecule has 1 amide bonds. The molecule has 0 radical (unpaired) electrons. The Balaban J connectivity index is 1.46. The lowest BCUT2D eigenvalue weighted by Crippen LogP contribution is -2.46. The highest BCUT2D eigenvalue weighted by Crippen LogP contribution is 2.31. The number of rotatable bonds is 3. The summed E-state index contributed by atoms with van der Waals surface area (Å²) < 4.78 is 7.44. The van der Waals surface area contributed by atoms with Gasteiger partial charge >= 0.3 is 0 Å². The minimum absolute atomic E-state index is 0.171. The fourth-order valence-electron chi connectivity index (χ4n) is 4.26. The molecule has 3 heterocycles. The van der Waals surface area contributed by atoms with E-state index in [4.69, 9.17) is 4.74 Å². The zero-order valence-electron chi connectivity index (χ0n) is 13.7. The third-order valence-electron chi connectivity index (χ3n) is 5.52. The van der Waals surface area contributed by atoms with Crippen molar-refractivity contribution < 1.29 is 9.53 Å². The maximum absolute atomic E-state index is 12.6. The highest BCUT2D eigenvalue weighted by molar-refractivity contribution is 5.76. The molecule has 1 aromatic rings. The minimum Gasteiger partial charge on any atom is -0.378 e. The van der Waals surface area contributed by atoms with Crippen LogP contribution in [0.15, 0.2) is 12.3 Å². The van der Waals surface area contributed by atoms with E-state index < -0.39 is 0 Å². The quantitative estimate of drug-likeness (QED) is 0.846. The number of nitrogens with zero attached hydrogens (tertiary/aromatic N) is 4. The summed E-state index contributed by atoms with van der Waals surface area (Å²) in [7, 11) is 0. The average molecular weight is 318 g/mol. The second-order valence-corrected chi connectivity index (χ2v) is 6.99. The Morgan fingerprint density at radius 1 is 1.26 bits per heavy atom. The molecule has 3 aliphatic rings. The van der Waals surface area contributed by atoms with Crippen LogP contribution in [-0.2, 0) is 16.1 Å². The molecule has 1 atom stereocenters. The summed E-state index contributed by atoms with van der Waals surface area (Å²) in [4.78, 5) is 17.2. The van der Waals surface area contributed by atoms with Crippen LogP contribution in [0.1, 0.15) is 43.8 Å². The molecular formula is C17H26N4O2. The molecule has 0 bridgehead atoms. The zero-order chi connectivity index (χ0) is 15.6. The first-order chi connectivity index (χ1) is 11.3. The third-order valence-corrected chi connectivity index (χ3v) is 5.52. The molecule has 4 rings (SSSR count). The highest BCUT2D eigenvalue weighted by Gasteiger charge is 2.33. The molecule has 0 unspecified atom stereocenters. The molecule has 6 nitrogen and oxygen atoms in total. The van der Waals surface area contributed by atoms with Crippen molar-refractivity contribution >= 4 is 5.91 Å². The summed E-state index contributed by atoms with van der Waals surface area (Å²) in [5.41, 5.74) is 1.25. The molecule has 1 saturated carbocycles.